The number of pyridine rings is 1. The van der Waals surface area contributed by atoms with Crippen molar-refractivity contribution in [1.29, 1.82) is 0 Å². The number of fused-ring (bicyclic) bond motifs is 1. The standard InChI is InChI=1S/C29H40FN3O4/c30-24-10-5-9-23(26(24)25-11-2-4-18-37-25)27(29(34)35)33-16-14-22(19-33)36-17-3-1-8-21-13-12-20-7-6-15-31-28(20)32-21/h5,9-10,12-13,22,24-27H,1-4,6-8,11,14-19H2,(H,31,32)(H,34,35)/t22-,24?,25-,26?,27+/m1/s1. The van der Waals surface area contributed by atoms with Crippen molar-refractivity contribution in [2.45, 2.75) is 82.2 Å². The van der Waals surface area contributed by atoms with Gasteiger partial charge in [0, 0.05) is 44.5 Å². The van der Waals surface area contributed by atoms with E-state index in [-0.39, 0.29) is 12.2 Å². The van der Waals surface area contributed by atoms with Crippen LogP contribution in [0.2, 0.25) is 0 Å². The highest BCUT2D eigenvalue weighted by molar-refractivity contribution is 5.78. The van der Waals surface area contributed by atoms with Gasteiger partial charge in [-0.15, -0.1) is 0 Å². The quantitative estimate of drug-likeness (QED) is 0.451. The van der Waals surface area contributed by atoms with Crippen LogP contribution in [-0.4, -0.2) is 78.2 Å². The van der Waals surface area contributed by atoms with E-state index < -0.39 is 24.1 Å². The Morgan fingerprint density at radius 1 is 1.27 bits per heavy atom. The molecule has 1 aromatic heterocycles. The van der Waals surface area contributed by atoms with Gasteiger partial charge in [-0.25, -0.2) is 9.37 Å². The molecule has 2 saturated heterocycles. The zero-order chi connectivity index (χ0) is 25.6. The third-order valence-corrected chi connectivity index (χ3v) is 8.15. The highest BCUT2D eigenvalue weighted by atomic mass is 19.1. The lowest BCUT2D eigenvalue weighted by Gasteiger charge is -2.38. The number of ether oxygens (including phenoxy) is 2. The third kappa shape index (κ3) is 6.41. The van der Waals surface area contributed by atoms with Crippen molar-refractivity contribution in [2.24, 2.45) is 5.92 Å². The van der Waals surface area contributed by atoms with Crippen LogP contribution in [0.1, 0.15) is 56.2 Å². The van der Waals surface area contributed by atoms with Gasteiger partial charge in [0.2, 0.25) is 0 Å². The molecule has 5 atom stereocenters. The highest BCUT2D eigenvalue weighted by Gasteiger charge is 2.43. The van der Waals surface area contributed by atoms with Gasteiger partial charge >= 0.3 is 5.97 Å². The second kappa shape index (κ2) is 12.5. The van der Waals surface area contributed by atoms with E-state index in [1.807, 2.05) is 4.90 Å². The van der Waals surface area contributed by atoms with E-state index >= 15 is 4.39 Å². The van der Waals surface area contributed by atoms with Crippen LogP contribution in [0.25, 0.3) is 0 Å². The van der Waals surface area contributed by atoms with Crippen LogP contribution in [0.4, 0.5) is 10.2 Å². The smallest absolute Gasteiger partial charge is 0.325 e. The fraction of sp³-hybridized carbons (Fsp3) is 0.655. The second-order valence-electron chi connectivity index (χ2n) is 10.7. The largest absolute Gasteiger partial charge is 0.480 e. The lowest BCUT2D eigenvalue weighted by atomic mass is 9.79. The maximum absolute atomic E-state index is 15.1. The fourth-order valence-corrected chi connectivity index (χ4v) is 6.23. The Morgan fingerprint density at radius 3 is 3.03 bits per heavy atom. The Morgan fingerprint density at radius 2 is 2.19 bits per heavy atom. The van der Waals surface area contributed by atoms with Crippen LogP contribution in [0, 0.1) is 5.92 Å². The number of carboxylic acids is 1. The predicted octanol–water partition coefficient (Wildman–Crippen LogP) is 4.33. The van der Waals surface area contributed by atoms with Crippen molar-refractivity contribution in [3.05, 3.63) is 47.2 Å². The first-order valence-corrected chi connectivity index (χ1v) is 14.1. The van der Waals surface area contributed by atoms with Gasteiger partial charge in [0.15, 0.2) is 0 Å². The Kier molecular flexibility index (Phi) is 8.89. The molecule has 2 fully saturated rings. The first-order chi connectivity index (χ1) is 18.1. The number of unbranched alkanes of at least 4 members (excludes halogenated alkanes) is 1. The van der Waals surface area contributed by atoms with Gasteiger partial charge < -0.3 is 19.9 Å². The molecule has 2 unspecified atom stereocenters. The number of hydrogen-bond donors (Lipinski definition) is 2. The summed E-state index contributed by atoms with van der Waals surface area (Å²) in [6.45, 7) is 3.43. The molecule has 0 aromatic carbocycles. The molecule has 1 aromatic rings. The minimum absolute atomic E-state index is 0.00166. The van der Waals surface area contributed by atoms with Crippen LogP contribution in [-0.2, 0) is 27.1 Å². The molecule has 0 saturated carbocycles. The molecule has 7 nitrogen and oxygen atoms in total. The van der Waals surface area contributed by atoms with E-state index in [1.54, 1.807) is 12.2 Å². The number of hydrogen-bond acceptors (Lipinski definition) is 6. The zero-order valence-corrected chi connectivity index (χ0v) is 21.6. The molecule has 1 aliphatic carbocycles. The Balaban J connectivity index is 1.11. The fourth-order valence-electron chi connectivity index (χ4n) is 6.23. The molecule has 0 amide bonds. The van der Waals surface area contributed by atoms with Gasteiger partial charge in [-0.1, -0.05) is 18.2 Å². The summed E-state index contributed by atoms with van der Waals surface area (Å²) in [5.74, 6) is -0.431. The van der Waals surface area contributed by atoms with E-state index in [0.29, 0.717) is 31.9 Å². The van der Waals surface area contributed by atoms with Crippen molar-refractivity contribution in [3.63, 3.8) is 0 Å². The molecule has 3 aliphatic heterocycles. The van der Waals surface area contributed by atoms with E-state index in [9.17, 15) is 9.90 Å². The minimum Gasteiger partial charge on any atom is -0.480 e. The molecular formula is C29H40FN3O4. The van der Waals surface area contributed by atoms with E-state index in [4.69, 9.17) is 14.5 Å². The summed E-state index contributed by atoms with van der Waals surface area (Å²) < 4.78 is 27.1. The predicted molar refractivity (Wildman–Crippen MR) is 141 cm³/mol. The molecule has 2 N–H and O–H groups in total. The molecule has 0 bridgehead atoms. The van der Waals surface area contributed by atoms with Crippen LogP contribution in [0.5, 0.6) is 0 Å². The summed E-state index contributed by atoms with van der Waals surface area (Å²) in [5.41, 5.74) is 3.05. The summed E-state index contributed by atoms with van der Waals surface area (Å²) in [4.78, 5) is 19.1. The molecule has 0 radical (unpaired) electrons. The molecule has 37 heavy (non-hydrogen) atoms. The van der Waals surface area contributed by atoms with Crippen LogP contribution in [0.15, 0.2) is 35.9 Å². The third-order valence-electron chi connectivity index (χ3n) is 8.15. The Bertz CT molecular complexity index is 993. The lowest BCUT2D eigenvalue weighted by Crippen LogP contribution is -2.48. The number of alkyl halides is 1. The van der Waals surface area contributed by atoms with Crippen LogP contribution in [0.3, 0.4) is 0 Å². The summed E-state index contributed by atoms with van der Waals surface area (Å²) in [5, 5.41) is 13.6. The number of carboxylic acid groups (broad SMARTS) is 1. The average Bonchev–Trinajstić information content (AvgIpc) is 3.37. The van der Waals surface area contributed by atoms with Gasteiger partial charge in [0.1, 0.15) is 18.0 Å². The number of anilines is 1. The molecule has 5 rings (SSSR count). The molecule has 4 aliphatic rings. The first-order valence-electron chi connectivity index (χ1n) is 14.1. The SMILES string of the molecule is O=C(O)[C@H](C1=CC=CC(F)C1[C@H]1CCCCO1)N1CC[C@@H](OCCCCc2ccc3c(n2)NCCC3)C1. The van der Waals surface area contributed by atoms with Crippen molar-refractivity contribution >= 4 is 11.8 Å². The average molecular weight is 514 g/mol. The molecule has 0 spiro atoms. The van der Waals surface area contributed by atoms with E-state index in [2.05, 4.69) is 17.4 Å². The van der Waals surface area contributed by atoms with Gasteiger partial charge in [-0.05, 0) is 81.1 Å². The summed E-state index contributed by atoms with van der Waals surface area (Å²) in [7, 11) is 0. The topological polar surface area (TPSA) is 83.9 Å². The van der Waals surface area contributed by atoms with Gasteiger partial charge in [-0.2, -0.15) is 0 Å². The molecule has 8 heteroatoms. The van der Waals surface area contributed by atoms with Crippen molar-refractivity contribution in [3.8, 4) is 0 Å². The number of allylic oxidation sites excluding steroid dienone is 3. The number of likely N-dealkylation sites (tertiary alicyclic amines) is 1. The first kappa shape index (κ1) is 26.3. The highest BCUT2D eigenvalue weighted by Crippen LogP contribution is 2.37. The second-order valence-corrected chi connectivity index (χ2v) is 10.7. The van der Waals surface area contributed by atoms with E-state index in [0.717, 1.165) is 75.8 Å². The van der Waals surface area contributed by atoms with Crippen molar-refractivity contribution in [1.82, 2.24) is 9.88 Å². The molecular weight excluding hydrogens is 473 g/mol. The molecule has 4 heterocycles. The maximum atomic E-state index is 15.1. The van der Waals surface area contributed by atoms with Crippen molar-refractivity contribution < 1.29 is 23.8 Å². The Labute approximate surface area is 219 Å². The van der Waals surface area contributed by atoms with Gasteiger partial charge in [-0.3, -0.25) is 9.69 Å². The van der Waals surface area contributed by atoms with E-state index in [1.165, 1.54) is 11.6 Å². The maximum Gasteiger partial charge on any atom is 0.325 e. The van der Waals surface area contributed by atoms with Gasteiger partial charge in [0.25, 0.3) is 0 Å². The van der Waals surface area contributed by atoms with Crippen molar-refractivity contribution in [2.75, 3.05) is 38.2 Å². The molecule has 202 valence electrons. The zero-order valence-electron chi connectivity index (χ0n) is 21.6. The number of carbonyl (C=O) groups is 1. The number of aliphatic carboxylic acids is 1. The number of aryl methyl sites for hydroxylation is 2. The minimum atomic E-state index is -1.22. The number of aromatic nitrogens is 1. The van der Waals surface area contributed by atoms with Crippen LogP contribution < -0.4 is 5.32 Å². The number of nitrogens with one attached hydrogen (secondary N) is 1. The number of nitrogens with zero attached hydrogens (tertiary/aromatic N) is 2. The summed E-state index contributed by atoms with van der Waals surface area (Å²) >= 11 is 0. The Hall–Kier alpha value is -2.29. The normalized spacial score (nSPS) is 28.8. The van der Waals surface area contributed by atoms with Crippen LogP contribution >= 0.6 is 0 Å². The summed E-state index contributed by atoms with van der Waals surface area (Å²) in [6, 6.07) is 3.48. The summed E-state index contributed by atoms with van der Waals surface area (Å²) in [6.07, 6.45) is 12.1. The number of halogens is 1. The monoisotopic (exact) mass is 513 g/mol. The van der Waals surface area contributed by atoms with Gasteiger partial charge in [0.05, 0.1) is 12.2 Å². The number of rotatable bonds is 10. The lowest BCUT2D eigenvalue weighted by molar-refractivity contribution is -0.142.